The number of aryl methyl sites for hydroxylation is 1. The van der Waals surface area contributed by atoms with E-state index in [1.165, 1.54) is 0 Å². The first-order valence-corrected chi connectivity index (χ1v) is 11.5. The summed E-state index contributed by atoms with van der Waals surface area (Å²) < 4.78 is 16.8. The number of hydrogen-bond donors (Lipinski definition) is 1. The van der Waals surface area contributed by atoms with Crippen molar-refractivity contribution in [2.24, 2.45) is 0 Å². The highest BCUT2D eigenvalue weighted by molar-refractivity contribution is 6.04. The summed E-state index contributed by atoms with van der Waals surface area (Å²) >= 11 is 0. The number of carbonyl (C=O) groups excluding carboxylic acids is 2. The minimum atomic E-state index is -0.365. The SMILES string of the molecule is CCCCOC(=O)c1ccc(NC(=O)c2ccc(OCC)c(COc3ccc(C)cc3)c2)cc1. The Bertz CT molecular complexity index is 1090. The highest BCUT2D eigenvalue weighted by Crippen LogP contribution is 2.24. The molecule has 1 N–H and O–H groups in total. The zero-order valence-electron chi connectivity index (χ0n) is 19.9. The van der Waals surface area contributed by atoms with Crippen molar-refractivity contribution >= 4 is 17.6 Å². The molecule has 6 heteroatoms. The van der Waals surface area contributed by atoms with Gasteiger partial charge in [0.1, 0.15) is 18.1 Å². The molecule has 0 spiro atoms. The molecule has 0 aliphatic carbocycles. The summed E-state index contributed by atoms with van der Waals surface area (Å²) in [6.07, 6.45) is 1.80. The first kappa shape index (κ1) is 24.8. The van der Waals surface area contributed by atoms with Crippen molar-refractivity contribution in [3.05, 3.63) is 89.0 Å². The lowest BCUT2D eigenvalue weighted by Crippen LogP contribution is -2.13. The van der Waals surface area contributed by atoms with Crippen LogP contribution in [0.2, 0.25) is 0 Å². The van der Waals surface area contributed by atoms with Crippen molar-refractivity contribution in [2.45, 2.75) is 40.2 Å². The highest BCUT2D eigenvalue weighted by Gasteiger charge is 2.13. The van der Waals surface area contributed by atoms with Crippen LogP contribution in [0.4, 0.5) is 5.69 Å². The monoisotopic (exact) mass is 461 g/mol. The summed E-state index contributed by atoms with van der Waals surface area (Å²) in [4.78, 5) is 24.9. The first-order valence-electron chi connectivity index (χ1n) is 11.5. The normalized spacial score (nSPS) is 10.4. The lowest BCUT2D eigenvalue weighted by Gasteiger charge is -2.14. The van der Waals surface area contributed by atoms with Gasteiger partial charge in [0.2, 0.25) is 0 Å². The molecule has 3 rings (SSSR count). The maximum absolute atomic E-state index is 12.9. The molecule has 0 radical (unpaired) electrons. The van der Waals surface area contributed by atoms with Crippen molar-refractivity contribution in [3.8, 4) is 11.5 Å². The molecule has 0 fully saturated rings. The van der Waals surface area contributed by atoms with Gasteiger partial charge < -0.3 is 19.5 Å². The van der Waals surface area contributed by atoms with Crippen molar-refractivity contribution in [2.75, 3.05) is 18.5 Å². The van der Waals surface area contributed by atoms with Gasteiger partial charge in [-0.3, -0.25) is 4.79 Å². The number of esters is 1. The van der Waals surface area contributed by atoms with Crippen LogP contribution in [-0.4, -0.2) is 25.1 Å². The molecule has 0 aromatic heterocycles. The average molecular weight is 462 g/mol. The molecule has 0 heterocycles. The van der Waals surface area contributed by atoms with Crippen molar-refractivity contribution in [1.29, 1.82) is 0 Å². The summed E-state index contributed by atoms with van der Waals surface area (Å²) in [6, 6.07) is 19.7. The minimum Gasteiger partial charge on any atom is -0.493 e. The third-order valence-electron chi connectivity index (χ3n) is 5.15. The summed E-state index contributed by atoms with van der Waals surface area (Å²) in [5.41, 5.74) is 3.45. The van der Waals surface area contributed by atoms with Gasteiger partial charge in [0, 0.05) is 16.8 Å². The fourth-order valence-corrected chi connectivity index (χ4v) is 3.21. The van der Waals surface area contributed by atoms with E-state index in [-0.39, 0.29) is 18.5 Å². The predicted octanol–water partition coefficient (Wildman–Crippen LogP) is 6.18. The van der Waals surface area contributed by atoms with Gasteiger partial charge in [0.05, 0.1) is 18.8 Å². The first-order chi connectivity index (χ1) is 16.5. The van der Waals surface area contributed by atoms with Crippen molar-refractivity contribution < 1.29 is 23.8 Å². The maximum atomic E-state index is 12.9. The largest absolute Gasteiger partial charge is 0.493 e. The maximum Gasteiger partial charge on any atom is 0.338 e. The standard InChI is InChI=1S/C28H31NO5/c1-4-6-17-33-28(31)21-9-12-24(13-10-21)29-27(30)22-11-16-26(32-5-2)23(18-22)19-34-25-14-7-20(3)8-15-25/h7-16,18H,4-6,17,19H2,1-3H3,(H,29,30). The van der Waals surface area contributed by atoms with Crippen LogP contribution in [-0.2, 0) is 11.3 Å². The summed E-state index contributed by atoms with van der Waals surface area (Å²) in [5, 5.41) is 2.86. The Labute approximate surface area is 200 Å². The zero-order valence-corrected chi connectivity index (χ0v) is 19.9. The highest BCUT2D eigenvalue weighted by atomic mass is 16.5. The van der Waals surface area contributed by atoms with E-state index in [4.69, 9.17) is 14.2 Å². The number of nitrogens with one attached hydrogen (secondary N) is 1. The topological polar surface area (TPSA) is 73.9 Å². The molecule has 0 unspecified atom stereocenters. The molecule has 6 nitrogen and oxygen atoms in total. The van der Waals surface area contributed by atoms with Gasteiger partial charge in [-0.2, -0.15) is 0 Å². The summed E-state index contributed by atoms with van der Waals surface area (Å²) in [6.45, 7) is 7.15. The summed E-state index contributed by atoms with van der Waals surface area (Å²) in [5.74, 6) is 0.794. The van der Waals surface area contributed by atoms with Crippen LogP contribution in [0.3, 0.4) is 0 Å². The van der Waals surface area contributed by atoms with Gasteiger partial charge in [-0.1, -0.05) is 31.0 Å². The number of anilines is 1. The smallest absolute Gasteiger partial charge is 0.338 e. The molecule has 0 atom stereocenters. The Morgan fingerprint density at radius 2 is 1.56 bits per heavy atom. The van der Waals surface area contributed by atoms with Crippen LogP contribution < -0.4 is 14.8 Å². The molecule has 0 saturated carbocycles. The average Bonchev–Trinajstić information content (AvgIpc) is 2.85. The van der Waals surface area contributed by atoms with E-state index in [1.54, 1.807) is 42.5 Å². The number of benzene rings is 3. The predicted molar refractivity (Wildman–Crippen MR) is 133 cm³/mol. The number of ether oxygens (including phenoxy) is 3. The molecular weight excluding hydrogens is 430 g/mol. The van der Waals surface area contributed by atoms with Crippen LogP contribution in [0.5, 0.6) is 11.5 Å². The van der Waals surface area contributed by atoms with Crippen LogP contribution in [0.25, 0.3) is 0 Å². The van der Waals surface area contributed by atoms with E-state index in [1.807, 2.05) is 45.0 Å². The minimum absolute atomic E-state index is 0.266. The molecule has 1 amide bonds. The molecule has 178 valence electrons. The van der Waals surface area contributed by atoms with Gasteiger partial charge in [-0.05, 0) is 74.9 Å². The number of rotatable bonds is 11. The molecule has 3 aromatic carbocycles. The number of unbranched alkanes of at least 4 members (excludes halogenated alkanes) is 1. The quantitative estimate of drug-likeness (QED) is 0.273. The fourth-order valence-electron chi connectivity index (χ4n) is 3.21. The van der Waals surface area contributed by atoms with E-state index >= 15 is 0 Å². The van der Waals surface area contributed by atoms with E-state index in [0.29, 0.717) is 35.8 Å². The van der Waals surface area contributed by atoms with Gasteiger partial charge >= 0.3 is 5.97 Å². The number of amides is 1. The van der Waals surface area contributed by atoms with E-state index in [2.05, 4.69) is 5.32 Å². The second-order valence-corrected chi connectivity index (χ2v) is 7.88. The van der Waals surface area contributed by atoms with Gasteiger partial charge in [-0.25, -0.2) is 4.79 Å². The second kappa shape index (κ2) is 12.4. The summed E-state index contributed by atoms with van der Waals surface area (Å²) in [7, 11) is 0. The molecule has 0 aliphatic heterocycles. The molecule has 3 aromatic rings. The van der Waals surface area contributed by atoms with Crippen LogP contribution in [0.15, 0.2) is 66.7 Å². The van der Waals surface area contributed by atoms with Gasteiger partial charge in [0.15, 0.2) is 0 Å². The van der Waals surface area contributed by atoms with Crippen molar-refractivity contribution in [3.63, 3.8) is 0 Å². The molecule has 0 aliphatic rings. The van der Waals surface area contributed by atoms with Crippen LogP contribution in [0.1, 0.15) is 58.5 Å². The van der Waals surface area contributed by atoms with Crippen LogP contribution >= 0.6 is 0 Å². The Hall–Kier alpha value is -3.80. The Morgan fingerprint density at radius 1 is 0.853 bits per heavy atom. The third kappa shape index (κ3) is 7.10. The Balaban J connectivity index is 1.67. The lowest BCUT2D eigenvalue weighted by atomic mass is 10.1. The molecular formula is C28H31NO5. The van der Waals surface area contributed by atoms with Gasteiger partial charge in [-0.15, -0.1) is 0 Å². The molecule has 0 saturated heterocycles. The van der Waals surface area contributed by atoms with Gasteiger partial charge in [0.25, 0.3) is 5.91 Å². The Morgan fingerprint density at radius 3 is 2.24 bits per heavy atom. The van der Waals surface area contributed by atoms with E-state index in [0.717, 1.165) is 29.7 Å². The second-order valence-electron chi connectivity index (χ2n) is 7.88. The zero-order chi connectivity index (χ0) is 24.3. The van der Waals surface area contributed by atoms with E-state index < -0.39 is 0 Å². The van der Waals surface area contributed by atoms with Crippen LogP contribution in [0, 0.1) is 6.92 Å². The fraction of sp³-hybridized carbons (Fsp3) is 0.286. The molecule has 0 bridgehead atoms. The number of hydrogen-bond acceptors (Lipinski definition) is 5. The van der Waals surface area contributed by atoms with E-state index in [9.17, 15) is 9.59 Å². The molecule has 34 heavy (non-hydrogen) atoms. The third-order valence-corrected chi connectivity index (χ3v) is 5.15. The number of carbonyl (C=O) groups is 2. The lowest BCUT2D eigenvalue weighted by molar-refractivity contribution is 0.0499. The Kier molecular flexibility index (Phi) is 9.09. The van der Waals surface area contributed by atoms with Crippen molar-refractivity contribution in [1.82, 2.24) is 0 Å².